The molecule has 0 amide bonds. The molecule has 0 saturated carbocycles. The molecule has 0 fully saturated rings. The van der Waals surface area contributed by atoms with Crippen LogP contribution in [-0.4, -0.2) is 17.9 Å². The molecule has 1 aromatic rings. The molecular weight excluding hydrogens is 300 g/mol. The number of benzene rings is 1. The molecule has 0 aromatic heterocycles. The second kappa shape index (κ2) is 4.06. The Balaban J connectivity index is 3.03. The van der Waals surface area contributed by atoms with Crippen LogP contribution in [-0.2, 0) is 0 Å². The summed E-state index contributed by atoms with van der Waals surface area (Å²) in [6.07, 6.45) is 0. The Morgan fingerprint density at radius 3 is 2.10 bits per heavy atom. The summed E-state index contributed by atoms with van der Waals surface area (Å²) in [6, 6.07) is 7.44. The minimum absolute atomic E-state index is 0.690. The first-order valence-corrected chi connectivity index (χ1v) is 10.7. The van der Waals surface area contributed by atoms with Crippen LogP contribution in [0.2, 0.25) is 5.02 Å². The molecule has 1 aromatic carbocycles. The van der Waals surface area contributed by atoms with Crippen LogP contribution < -0.4 is 3.51 Å². The maximum atomic E-state index is 5.80. The van der Waals surface area contributed by atoms with Gasteiger partial charge in [-0.3, -0.25) is 0 Å². The van der Waals surface area contributed by atoms with Gasteiger partial charge in [0, 0.05) is 0 Å². The monoisotopic (exact) mass is 302 g/mol. The second-order valence-corrected chi connectivity index (χ2v) is 10.5. The van der Waals surface area contributed by atoms with E-state index in [1.807, 2.05) is 18.2 Å². The Morgan fingerprint density at radius 2 is 1.70 bits per heavy atom. The molecule has 0 N–H and O–H groups in total. The van der Waals surface area contributed by atoms with Crippen molar-refractivity contribution in [3.05, 3.63) is 29.3 Å². The van der Waals surface area contributed by atoms with Gasteiger partial charge in [-0.2, -0.15) is 0 Å². The average Bonchev–Trinajstić information content (AvgIpc) is 1.88. The summed E-state index contributed by atoms with van der Waals surface area (Å²) in [7, 11) is 11.5. The fraction of sp³-hybridized carbons (Fsp3) is 0. The summed E-state index contributed by atoms with van der Waals surface area (Å²) in [6.45, 7) is 0. The van der Waals surface area contributed by atoms with Crippen LogP contribution in [0.3, 0.4) is 0 Å². The molecule has 0 bridgehead atoms. The van der Waals surface area contributed by atoms with Crippen LogP contribution >= 0.6 is 29.3 Å². The van der Waals surface area contributed by atoms with Gasteiger partial charge in [-0.05, 0) is 0 Å². The predicted molar refractivity (Wildman–Crippen MR) is 48.5 cm³/mol. The Bertz CT molecular complexity index is 224. The third-order valence-corrected chi connectivity index (χ3v) is 6.35. The van der Waals surface area contributed by atoms with E-state index in [1.165, 1.54) is 0 Å². The summed E-state index contributed by atoms with van der Waals surface area (Å²) in [4.78, 5) is 0. The number of halogens is 3. The zero-order chi connectivity index (χ0) is 7.56. The summed E-state index contributed by atoms with van der Waals surface area (Å²) in [5.41, 5.74) is 0. The fourth-order valence-corrected chi connectivity index (χ4v) is 5.09. The van der Waals surface area contributed by atoms with Crippen molar-refractivity contribution in [3.63, 3.8) is 0 Å². The molecule has 0 saturated heterocycles. The van der Waals surface area contributed by atoms with Crippen LogP contribution in [0.5, 0.6) is 0 Å². The molecule has 0 spiro atoms. The second-order valence-electron chi connectivity index (χ2n) is 1.68. The van der Waals surface area contributed by atoms with E-state index in [1.54, 1.807) is 6.07 Å². The number of hydrogen-bond acceptors (Lipinski definition) is 0. The van der Waals surface area contributed by atoms with Crippen LogP contribution in [0.25, 0.3) is 0 Å². The van der Waals surface area contributed by atoms with Gasteiger partial charge >= 0.3 is 80.0 Å². The van der Waals surface area contributed by atoms with Crippen molar-refractivity contribution in [1.29, 1.82) is 0 Å². The SMILES string of the molecule is Clc1cccc[c]1[Sb]([Cl])[Cl]. The molecule has 0 unspecified atom stereocenters. The van der Waals surface area contributed by atoms with Gasteiger partial charge in [-0.15, -0.1) is 0 Å². The van der Waals surface area contributed by atoms with Crippen molar-refractivity contribution in [1.82, 2.24) is 0 Å². The molecule has 0 aliphatic carbocycles. The van der Waals surface area contributed by atoms with Gasteiger partial charge in [0.05, 0.1) is 0 Å². The first kappa shape index (κ1) is 9.00. The van der Waals surface area contributed by atoms with Crippen LogP contribution in [0.4, 0.5) is 0 Å². The average molecular weight is 304 g/mol. The molecule has 10 heavy (non-hydrogen) atoms. The van der Waals surface area contributed by atoms with Crippen molar-refractivity contribution in [2.75, 3.05) is 0 Å². The van der Waals surface area contributed by atoms with Gasteiger partial charge in [0.1, 0.15) is 0 Å². The van der Waals surface area contributed by atoms with Gasteiger partial charge in [-0.25, -0.2) is 0 Å². The van der Waals surface area contributed by atoms with E-state index in [2.05, 4.69) is 0 Å². The van der Waals surface area contributed by atoms with E-state index in [0.29, 0.717) is 5.02 Å². The standard InChI is InChI=1S/C6H4Cl.2ClH.Sb/c7-6-4-2-1-3-5-6;;;/h1-4H;2*1H;/q;;;+2/p-2. The predicted octanol–water partition coefficient (Wildman–Crippen LogP) is 2.51. The van der Waals surface area contributed by atoms with Crippen molar-refractivity contribution in [2.24, 2.45) is 0 Å². The van der Waals surface area contributed by atoms with Crippen molar-refractivity contribution < 1.29 is 0 Å². The van der Waals surface area contributed by atoms with Crippen LogP contribution in [0.1, 0.15) is 0 Å². The van der Waals surface area contributed by atoms with Gasteiger partial charge in [-0.1, -0.05) is 0 Å². The van der Waals surface area contributed by atoms with E-state index in [9.17, 15) is 0 Å². The zero-order valence-electron chi connectivity index (χ0n) is 4.89. The van der Waals surface area contributed by atoms with Gasteiger partial charge in [0.15, 0.2) is 0 Å². The van der Waals surface area contributed by atoms with Crippen LogP contribution in [0.15, 0.2) is 24.3 Å². The molecule has 0 aliphatic rings. The van der Waals surface area contributed by atoms with E-state index in [0.717, 1.165) is 3.51 Å². The van der Waals surface area contributed by atoms with Crippen molar-refractivity contribution in [3.8, 4) is 0 Å². The Morgan fingerprint density at radius 1 is 1.10 bits per heavy atom. The number of rotatable bonds is 1. The van der Waals surface area contributed by atoms with Gasteiger partial charge < -0.3 is 0 Å². The Labute approximate surface area is 79.4 Å². The fourth-order valence-electron chi connectivity index (χ4n) is 0.589. The Hall–Kier alpha value is 0.908. The summed E-state index contributed by atoms with van der Waals surface area (Å²) in [5, 5.41) is 0.690. The first-order valence-electron chi connectivity index (χ1n) is 2.58. The molecule has 54 valence electrons. The molecule has 4 heteroatoms. The summed E-state index contributed by atoms with van der Waals surface area (Å²) >= 11 is 3.65. The molecule has 0 nitrogen and oxygen atoms in total. The first-order chi connectivity index (χ1) is 4.72. The summed E-state index contributed by atoms with van der Waals surface area (Å²) in [5.74, 6) is 0. The third-order valence-electron chi connectivity index (χ3n) is 1.03. The zero-order valence-corrected chi connectivity index (χ0v) is 9.71. The van der Waals surface area contributed by atoms with Crippen molar-refractivity contribution >= 4 is 50.7 Å². The normalized spacial score (nSPS) is 10.4. The van der Waals surface area contributed by atoms with Crippen LogP contribution in [0, 0.1) is 0 Å². The molecule has 0 heterocycles. The van der Waals surface area contributed by atoms with E-state index >= 15 is 0 Å². The third kappa shape index (κ3) is 2.20. The van der Waals surface area contributed by atoms with E-state index < -0.39 is 17.9 Å². The molecule has 0 radical (unpaired) electrons. The topological polar surface area (TPSA) is 0 Å². The molecular formula is C6H4Cl3Sb. The van der Waals surface area contributed by atoms with E-state index in [4.69, 9.17) is 29.3 Å². The van der Waals surface area contributed by atoms with Crippen molar-refractivity contribution in [2.45, 2.75) is 0 Å². The molecule has 1 rings (SSSR count). The van der Waals surface area contributed by atoms with Gasteiger partial charge in [0.25, 0.3) is 0 Å². The maximum absolute atomic E-state index is 5.80. The van der Waals surface area contributed by atoms with E-state index in [-0.39, 0.29) is 0 Å². The molecule has 0 aliphatic heterocycles. The quantitative estimate of drug-likeness (QED) is 0.699. The Kier molecular flexibility index (Phi) is 3.66. The molecule has 0 atom stereocenters. The van der Waals surface area contributed by atoms with Gasteiger partial charge in [0.2, 0.25) is 0 Å². The summed E-state index contributed by atoms with van der Waals surface area (Å²) < 4.78 is 0.940. The number of hydrogen-bond donors (Lipinski definition) is 0. The minimum atomic E-state index is -2.15.